The van der Waals surface area contributed by atoms with E-state index in [0.717, 1.165) is 10.5 Å². The highest BCUT2D eigenvalue weighted by Crippen LogP contribution is 2.31. The van der Waals surface area contributed by atoms with E-state index in [9.17, 15) is 14.4 Å². The van der Waals surface area contributed by atoms with Gasteiger partial charge in [0.25, 0.3) is 17.7 Å². The maximum Gasteiger partial charge on any atom is 0.266 e. The lowest BCUT2D eigenvalue weighted by Gasteiger charge is -2.25. The fourth-order valence-electron chi connectivity index (χ4n) is 3.81. The Labute approximate surface area is 197 Å². The molecular formula is C26H23ClN2O4. The molecule has 0 fully saturated rings. The molecule has 1 aliphatic rings. The summed E-state index contributed by atoms with van der Waals surface area (Å²) in [5.74, 6) is -0.466. The van der Waals surface area contributed by atoms with Gasteiger partial charge >= 0.3 is 0 Å². The molecule has 1 atom stereocenters. The quantitative estimate of drug-likeness (QED) is 0.462. The Balaban J connectivity index is 1.58. The average molecular weight is 463 g/mol. The highest BCUT2D eigenvalue weighted by Gasteiger charge is 2.37. The predicted molar refractivity (Wildman–Crippen MR) is 127 cm³/mol. The zero-order valence-corrected chi connectivity index (χ0v) is 19.3. The maximum absolute atomic E-state index is 13.1. The van der Waals surface area contributed by atoms with Crippen LogP contribution in [0.1, 0.15) is 56.5 Å². The second kappa shape index (κ2) is 9.08. The van der Waals surface area contributed by atoms with Gasteiger partial charge < -0.3 is 9.64 Å². The van der Waals surface area contributed by atoms with Crippen LogP contribution in [0.3, 0.4) is 0 Å². The zero-order valence-electron chi connectivity index (χ0n) is 18.5. The van der Waals surface area contributed by atoms with Crippen LogP contribution in [-0.2, 0) is 0 Å². The molecule has 1 unspecified atom stereocenters. The fourth-order valence-corrected chi connectivity index (χ4v) is 3.94. The van der Waals surface area contributed by atoms with Crippen LogP contribution < -0.4 is 9.64 Å². The third-order valence-electron chi connectivity index (χ3n) is 5.79. The first-order chi connectivity index (χ1) is 15.8. The highest BCUT2D eigenvalue weighted by molar-refractivity contribution is 6.34. The molecule has 168 valence electrons. The van der Waals surface area contributed by atoms with Gasteiger partial charge in [0.15, 0.2) is 0 Å². The fraction of sp³-hybridized carbons (Fsp3) is 0.192. The maximum atomic E-state index is 13.1. The Bertz CT molecular complexity index is 1220. The van der Waals surface area contributed by atoms with E-state index in [0.29, 0.717) is 28.6 Å². The molecule has 6 nitrogen and oxygen atoms in total. The lowest BCUT2D eigenvalue weighted by Crippen LogP contribution is -2.30. The molecule has 1 aliphatic heterocycles. The van der Waals surface area contributed by atoms with E-state index in [1.807, 2.05) is 26.0 Å². The molecule has 0 aromatic heterocycles. The summed E-state index contributed by atoms with van der Waals surface area (Å²) in [6.45, 7) is 4.32. The van der Waals surface area contributed by atoms with Crippen LogP contribution in [0.5, 0.6) is 5.75 Å². The lowest BCUT2D eigenvalue weighted by molar-refractivity contribution is 0.0742. The molecule has 0 saturated heterocycles. The van der Waals surface area contributed by atoms with E-state index in [-0.39, 0.29) is 23.1 Å². The molecule has 0 aliphatic carbocycles. The van der Waals surface area contributed by atoms with Crippen LogP contribution in [-0.4, -0.2) is 36.3 Å². The summed E-state index contributed by atoms with van der Waals surface area (Å²) >= 11 is 5.96. The number of rotatable bonds is 6. The third-order valence-corrected chi connectivity index (χ3v) is 6.05. The molecule has 3 aromatic carbocycles. The van der Waals surface area contributed by atoms with Gasteiger partial charge in [0.05, 0.1) is 29.5 Å². The first kappa shape index (κ1) is 22.6. The first-order valence-corrected chi connectivity index (χ1v) is 11.0. The smallest absolute Gasteiger partial charge is 0.266 e. The second-order valence-corrected chi connectivity index (χ2v) is 8.21. The summed E-state index contributed by atoms with van der Waals surface area (Å²) in [5.41, 5.74) is 2.22. The highest BCUT2D eigenvalue weighted by atomic mass is 35.5. The van der Waals surface area contributed by atoms with E-state index < -0.39 is 11.8 Å². The van der Waals surface area contributed by atoms with Gasteiger partial charge in [-0.15, -0.1) is 0 Å². The Hall–Kier alpha value is -3.64. The summed E-state index contributed by atoms with van der Waals surface area (Å²) in [6.07, 6.45) is 0. The molecule has 0 spiro atoms. The van der Waals surface area contributed by atoms with Crippen molar-refractivity contribution in [3.05, 3.63) is 94.0 Å². The molecule has 0 radical (unpaired) electrons. The number of imide groups is 1. The monoisotopic (exact) mass is 462 g/mol. The third kappa shape index (κ3) is 4.22. The Morgan fingerprint density at radius 3 is 2.24 bits per heavy atom. The Kier molecular flexibility index (Phi) is 6.20. The average Bonchev–Trinajstić information content (AvgIpc) is 3.08. The number of ether oxygens (including phenoxy) is 1. The minimum atomic E-state index is -0.456. The van der Waals surface area contributed by atoms with Gasteiger partial charge in [-0.05, 0) is 74.0 Å². The summed E-state index contributed by atoms with van der Waals surface area (Å²) in [7, 11) is 1.70. The van der Waals surface area contributed by atoms with E-state index >= 15 is 0 Å². The van der Waals surface area contributed by atoms with Crippen LogP contribution in [0.25, 0.3) is 0 Å². The summed E-state index contributed by atoms with van der Waals surface area (Å²) in [6, 6.07) is 18.5. The first-order valence-electron chi connectivity index (χ1n) is 10.6. The number of benzene rings is 3. The van der Waals surface area contributed by atoms with Crippen molar-refractivity contribution in [1.29, 1.82) is 0 Å². The molecule has 1 heterocycles. The molecule has 0 N–H and O–H groups in total. The van der Waals surface area contributed by atoms with Crippen molar-refractivity contribution in [2.75, 3.05) is 18.6 Å². The number of carbonyl (C=O) groups excluding carboxylic acids is 3. The number of fused-ring (bicyclic) bond motifs is 1. The van der Waals surface area contributed by atoms with Crippen LogP contribution in [0, 0.1) is 0 Å². The van der Waals surface area contributed by atoms with Gasteiger partial charge in [0.1, 0.15) is 5.75 Å². The number of halogens is 1. The van der Waals surface area contributed by atoms with Crippen LogP contribution in [0.15, 0.2) is 66.7 Å². The molecule has 3 aromatic rings. The Morgan fingerprint density at radius 1 is 0.970 bits per heavy atom. The van der Waals surface area contributed by atoms with Crippen molar-refractivity contribution in [3.8, 4) is 5.75 Å². The normalized spacial score (nSPS) is 13.6. The van der Waals surface area contributed by atoms with Gasteiger partial charge in [0.2, 0.25) is 0 Å². The van der Waals surface area contributed by atoms with E-state index in [1.165, 1.54) is 12.1 Å². The predicted octanol–water partition coefficient (Wildman–Crippen LogP) is 5.37. The molecule has 33 heavy (non-hydrogen) atoms. The zero-order chi connectivity index (χ0) is 23.7. The van der Waals surface area contributed by atoms with Crippen LogP contribution >= 0.6 is 11.6 Å². The largest absolute Gasteiger partial charge is 0.494 e. The van der Waals surface area contributed by atoms with Crippen molar-refractivity contribution in [1.82, 2.24) is 4.90 Å². The number of amides is 3. The lowest BCUT2D eigenvalue weighted by atomic mass is 10.0. The SMILES string of the molecule is CCOc1ccc(N2C(=O)c3ccc(C(=O)N(C)C(C)c4ccc(Cl)cc4)cc3C2=O)cc1. The van der Waals surface area contributed by atoms with Crippen LogP contribution in [0.2, 0.25) is 5.02 Å². The van der Waals surface area contributed by atoms with Gasteiger partial charge in [-0.1, -0.05) is 23.7 Å². The summed E-state index contributed by atoms with van der Waals surface area (Å²) in [4.78, 5) is 41.9. The number of hydrogen-bond acceptors (Lipinski definition) is 4. The van der Waals surface area contributed by atoms with Crippen molar-refractivity contribution < 1.29 is 19.1 Å². The number of anilines is 1. The van der Waals surface area contributed by atoms with Gasteiger partial charge in [-0.2, -0.15) is 0 Å². The molecule has 7 heteroatoms. The van der Waals surface area contributed by atoms with Gasteiger partial charge in [0, 0.05) is 17.6 Å². The number of nitrogens with zero attached hydrogens (tertiary/aromatic N) is 2. The molecule has 4 rings (SSSR count). The summed E-state index contributed by atoms with van der Waals surface area (Å²) < 4.78 is 5.42. The second-order valence-electron chi connectivity index (χ2n) is 7.78. The van der Waals surface area contributed by atoms with Gasteiger partial charge in [-0.25, -0.2) is 4.90 Å². The molecule has 0 bridgehead atoms. The molecule has 0 saturated carbocycles. The van der Waals surface area contributed by atoms with Crippen molar-refractivity contribution in [2.45, 2.75) is 19.9 Å². The van der Waals surface area contributed by atoms with Crippen molar-refractivity contribution >= 4 is 35.0 Å². The molecular weight excluding hydrogens is 440 g/mol. The van der Waals surface area contributed by atoms with E-state index in [1.54, 1.807) is 54.4 Å². The molecule has 3 amide bonds. The minimum absolute atomic E-state index is 0.208. The summed E-state index contributed by atoms with van der Waals surface area (Å²) in [5, 5.41) is 0.624. The Morgan fingerprint density at radius 2 is 1.61 bits per heavy atom. The minimum Gasteiger partial charge on any atom is -0.494 e. The van der Waals surface area contributed by atoms with Crippen LogP contribution in [0.4, 0.5) is 5.69 Å². The standard InChI is InChI=1S/C26H23ClN2O4/c1-4-33-21-12-10-20(11-13-21)29-25(31)22-14-7-18(15-23(22)26(29)32)24(30)28(3)16(2)17-5-8-19(27)9-6-17/h5-16H,4H2,1-3H3. The number of hydrogen-bond donors (Lipinski definition) is 0. The van der Waals surface area contributed by atoms with Gasteiger partial charge in [-0.3, -0.25) is 14.4 Å². The van der Waals surface area contributed by atoms with E-state index in [2.05, 4.69) is 0 Å². The van der Waals surface area contributed by atoms with E-state index in [4.69, 9.17) is 16.3 Å². The van der Waals surface area contributed by atoms with Crippen molar-refractivity contribution in [2.24, 2.45) is 0 Å². The topological polar surface area (TPSA) is 66.9 Å². The number of carbonyl (C=O) groups is 3. The van der Waals surface area contributed by atoms with Crippen molar-refractivity contribution in [3.63, 3.8) is 0 Å².